The van der Waals surface area contributed by atoms with E-state index < -0.39 is 30.4 Å². The summed E-state index contributed by atoms with van der Waals surface area (Å²) in [5.41, 5.74) is -0.535. The summed E-state index contributed by atoms with van der Waals surface area (Å²) in [6, 6.07) is 0. The zero-order chi connectivity index (χ0) is 18.6. The van der Waals surface area contributed by atoms with Gasteiger partial charge in [-0.2, -0.15) is 0 Å². The average molecular weight is 350 g/mol. The molecule has 3 N–H and O–H groups in total. The quantitative estimate of drug-likeness (QED) is 0.333. The predicted octanol–water partition coefficient (Wildman–Crippen LogP) is 1.91. The first-order valence-corrected chi connectivity index (χ1v) is 8.70. The minimum Gasteiger partial charge on any atom is -0.478 e. The lowest BCUT2D eigenvalue weighted by Gasteiger charge is -2.23. The van der Waals surface area contributed by atoms with Crippen molar-refractivity contribution in [3.63, 3.8) is 0 Å². The number of carbonyl (C=O) groups excluding carboxylic acids is 1. The monoisotopic (exact) mass is 350 g/mol. The number of aliphatic hydroxyl groups excluding tert-OH is 2. The maximum absolute atomic E-state index is 12.9. The molecule has 1 aliphatic carbocycles. The number of hydrogen-bond donors (Lipinski definition) is 3. The van der Waals surface area contributed by atoms with Gasteiger partial charge in [-0.25, -0.2) is 4.79 Å². The highest BCUT2D eigenvalue weighted by Gasteiger charge is 2.67. The van der Waals surface area contributed by atoms with Crippen molar-refractivity contribution >= 4 is 11.8 Å². The van der Waals surface area contributed by atoms with Gasteiger partial charge in [0, 0.05) is 17.6 Å². The average Bonchev–Trinajstić information content (AvgIpc) is 3.33. The Morgan fingerprint density at radius 2 is 2.08 bits per heavy atom. The number of rotatable bonds is 9. The number of aliphatic hydroxyl groups is 2. The van der Waals surface area contributed by atoms with Gasteiger partial charge in [0.25, 0.3) is 0 Å². The van der Waals surface area contributed by atoms with E-state index in [1.807, 2.05) is 6.08 Å². The Hall–Kier alpha value is -1.76. The standard InChI is InChI=1S/C19H26O6/c1-3-4-5-6-7-8-13-14(11-20)15(21)17-19(25-17,16(13)22)10-9-12(2)18(23)24/h7-9,15,17,20-21H,3-6,10-11H2,1-2H3,(H,23,24)/b8-7+,12-9+/t15-,17+,19+/m1/s1. The lowest BCUT2D eigenvalue weighted by Crippen LogP contribution is -2.40. The molecule has 0 radical (unpaired) electrons. The van der Waals surface area contributed by atoms with Crippen LogP contribution < -0.4 is 0 Å². The third kappa shape index (κ3) is 3.92. The maximum Gasteiger partial charge on any atom is 0.330 e. The van der Waals surface area contributed by atoms with Crippen LogP contribution in [0.25, 0.3) is 0 Å². The zero-order valence-corrected chi connectivity index (χ0v) is 14.7. The number of epoxide rings is 1. The highest BCUT2D eigenvalue weighted by Crippen LogP contribution is 2.50. The van der Waals surface area contributed by atoms with Crippen molar-refractivity contribution in [1.29, 1.82) is 0 Å². The van der Waals surface area contributed by atoms with Gasteiger partial charge in [0.2, 0.25) is 0 Å². The fourth-order valence-corrected chi connectivity index (χ4v) is 3.13. The van der Waals surface area contributed by atoms with Crippen molar-refractivity contribution in [3.05, 3.63) is 34.9 Å². The van der Waals surface area contributed by atoms with Gasteiger partial charge in [-0.3, -0.25) is 4.79 Å². The number of fused-ring (bicyclic) bond motifs is 1. The van der Waals surface area contributed by atoms with Gasteiger partial charge in [-0.1, -0.05) is 38.0 Å². The fraction of sp³-hybridized carbons (Fsp3) is 0.579. The summed E-state index contributed by atoms with van der Waals surface area (Å²) in [4.78, 5) is 23.8. The van der Waals surface area contributed by atoms with E-state index in [1.54, 1.807) is 6.08 Å². The predicted molar refractivity (Wildman–Crippen MR) is 92.0 cm³/mol. The van der Waals surface area contributed by atoms with Crippen LogP contribution in [-0.2, 0) is 14.3 Å². The summed E-state index contributed by atoms with van der Waals surface area (Å²) in [5.74, 6) is -1.35. The molecule has 138 valence electrons. The van der Waals surface area contributed by atoms with Crippen molar-refractivity contribution in [1.82, 2.24) is 0 Å². The summed E-state index contributed by atoms with van der Waals surface area (Å²) >= 11 is 0. The Bertz CT molecular complexity index is 630. The summed E-state index contributed by atoms with van der Waals surface area (Å²) in [5, 5.41) is 28.9. The van der Waals surface area contributed by atoms with Gasteiger partial charge < -0.3 is 20.1 Å². The number of unbranched alkanes of at least 4 members (excludes halogenated alkanes) is 3. The number of ketones is 1. The Morgan fingerprint density at radius 1 is 1.36 bits per heavy atom. The number of allylic oxidation sites excluding steroid dienone is 2. The lowest BCUT2D eigenvalue weighted by atomic mass is 9.79. The van der Waals surface area contributed by atoms with E-state index in [0.717, 1.165) is 25.7 Å². The molecular weight excluding hydrogens is 324 g/mol. The van der Waals surface area contributed by atoms with Crippen LogP contribution in [0.1, 0.15) is 46.0 Å². The van der Waals surface area contributed by atoms with E-state index in [9.17, 15) is 19.8 Å². The minimum absolute atomic E-state index is 0.0948. The minimum atomic E-state index is -1.21. The van der Waals surface area contributed by atoms with E-state index in [2.05, 4.69) is 6.92 Å². The molecule has 1 saturated heterocycles. The summed E-state index contributed by atoms with van der Waals surface area (Å²) < 4.78 is 5.50. The van der Waals surface area contributed by atoms with Crippen molar-refractivity contribution < 1.29 is 29.6 Å². The van der Waals surface area contributed by atoms with E-state index in [0.29, 0.717) is 0 Å². The van der Waals surface area contributed by atoms with Gasteiger partial charge in [-0.05, 0) is 25.3 Å². The van der Waals surface area contributed by atoms with Crippen LogP contribution in [0, 0.1) is 0 Å². The number of ether oxygens (including phenoxy) is 1. The van der Waals surface area contributed by atoms with Crippen LogP contribution >= 0.6 is 0 Å². The third-order valence-electron chi connectivity index (χ3n) is 4.84. The highest BCUT2D eigenvalue weighted by molar-refractivity contribution is 6.08. The molecule has 6 heteroatoms. The maximum atomic E-state index is 12.9. The highest BCUT2D eigenvalue weighted by atomic mass is 16.6. The molecule has 0 bridgehead atoms. The Morgan fingerprint density at radius 3 is 2.68 bits per heavy atom. The van der Waals surface area contributed by atoms with Gasteiger partial charge in [-0.15, -0.1) is 0 Å². The van der Waals surface area contributed by atoms with Gasteiger partial charge in [0.05, 0.1) is 6.61 Å². The zero-order valence-electron chi connectivity index (χ0n) is 14.7. The molecule has 6 nitrogen and oxygen atoms in total. The Kier molecular flexibility index (Phi) is 6.32. The summed E-state index contributed by atoms with van der Waals surface area (Å²) in [6.45, 7) is 3.14. The molecule has 0 saturated carbocycles. The number of carboxylic acids is 1. The number of Topliss-reactive ketones (excluding diaryl/α,β-unsaturated/α-hetero) is 1. The first-order chi connectivity index (χ1) is 11.9. The largest absolute Gasteiger partial charge is 0.478 e. The molecule has 0 amide bonds. The van der Waals surface area contributed by atoms with Crippen LogP contribution in [0.4, 0.5) is 0 Å². The van der Waals surface area contributed by atoms with Crippen LogP contribution in [0.2, 0.25) is 0 Å². The van der Waals surface area contributed by atoms with Crippen molar-refractivity contribution in [2.75, 3.05) is 6.61 Å². The molecule has 2 aliphatic rings. The summed E-state index contributed by atoms with van der Waals surface area (Å²) in [7, 11) is 0. The molecule has 0 unspecified atom stereocenters. The van der Waals surface area contributed by atoms with Gasteiger partial charge in [0.1, 0.15) is 12.2 Å². The van der Waals surface area contributed by atoms with Crippen molar-refractivity contribution in [2.45, 2.75) is 63.8 Å². The summed E-state index contributed by atoms with van der Waals surface area (Å²) in [6.07, 6.45) is 7.31. The van der Waals surface area contributed by atoms with E-state index in [4.69, 9.17) is 9.84 Å². The molecule has 0 aromatic carbocycles. The number of carbonyl (C=O) groups is 2. The molecule has 1 aliphatic heterocycles. The van der Waals surface area contributed by atoms with Gasteiger partial charge >= 0.3 is 5.97 Å². The van der Waals surface area contributed by atoms with Crippen LogP contribution in [0.15, 0.2) is 34.9 Å². The first kappa shape index (κ1) is 19.6. The van der Waals surface area contributed by atoms with Gasteiger partial charge in [0.15, 0.2) is 11.4 Å². The topological polar surface area (TPSA) is 107 Å². The smallest absolute Gasteiger partial charge is 0.330 e. The molecule has 1 fully saturated rings. The fourth-order valence-electron chi connectivity index (χ4n) is 3.13. The molecule has 2 rings (SSSR count). The van der Waals surface area contributed by atoms with E-state index >= 15 is 0 Å². The van der Waals surface area contributed by atoms with Crippen LogP contribution in [0.5, 0.6) is 0 Å². The van der Waals surface area contributed by atoms with E-state index in [-0.39, 0.29) is 28.9 Å². The first-order valence-electron chi connectivity index (χ1n) is 8.70. The molecule has 0 spiro atoms. The molecule has 0 aromatic heterocycles. The van der Waals surface area contributed by atoms with Crippen LogP contribution in [0.3, 0.4) is 0 Å². The molecule has 25 heavy (non-hydrogen) atoms. The number of hydrogen-bond acceptors (Lipinski definition) is 5. The second-order valence-electron chi connectivity index (χ2n) is 6.59. The normalized spacial score (nSPS) is 29.3. The molecule has 3 atom stereocenters. The van der Waals surface area contributed by atoms with Crippen molar-refractivity contribution in [3.8, 4) is 0 Å². The molecule has 1 heterocycles. The van der Waals surface area contributed by atoms with Crippen LogP contribution in [-0.4, -0.2) is 51.5 Å². The number of carboxylic acid groups (broad SMARTS) is 1. The second-order valence-corrected chi connectivity index (χ2v) is 6.59. The lowest BCUT2D eigenvalue weighted by molar-refractivity contribution is -0.132. The second kappa shape index (κ2) is 8.08. The van der Waals surface area contributed by atoms with Crippen molar-refractivity contribution in [2.24, 2.45) is 0 Å². The number of aliphatic carboxylic acids is 1. The Labute approximate surface area is 147 Å². The molecule has 0 aromatic rings. The molecular formula is C19H26O6. The third-order valence-corrected chi connectivity index (χ3v) is 4.84. The SMILES string of the molecule is CCCCC/C=C/C1=C(CO)[C@@H](O)[C@@H]2O[C@@]2(C/C=C(\C)C(=O)O)C1=O. The Balaban J connectivity index is 2.21. The van der Waals surface area contributed by atoms with E-state index in [1.165, 1.54) is 13.0 Å².